The Bertz CT molecular complexity index is 907. The molecule has 2 rings (SSSR count). The Kier molecular flexibility index (Phi) is 7.22. The molecular weight excluding hydrogens is 352 g/mol. The Morgan fingerprint density at radius 1 is 1.18 bits per heavy atom. The van der Waals surface area contributed by atoms with Gasteiger partial charge in [0.15, 0.2) is 0 Å². The van der Waals surface area contributed by atoms with E-state index in [0.29, 0.717) is 6.54 Å². The van der Waals surface area contributed by atoms with Crippen molar-refractivity contribution >= 4 is 12.0 Å². The van der Waals surface area contributed by atoms with Crippen LogP contribution in [0.1, 0.15) is 42.0 Å². The molecule has 0 saturated heterocycles. The summed E-state index contributed by atoms with van der Waals surface area (Å²) in [7, 11) is 3.25. The molecular formula is C23H26N2O3. The Morgan fingerprint density at radius 3 is 2.39 bits per heavy atom. The van der Waals surface area contributed by atoms with Gasteiger partial charge in [0.1, 0.15) is 23.1 Å². The van der Waals surface area contributed by atoms with E-state index in [4.69, 9.17) is 9.47 Å². The third-order valence-corrected chi connectivity index (χ3v) is 4.52. The predicted octanol–water partition coefficient (Wildman–Crippen LogP) is 4.36. The molecule has 0 unspecified atom stereocenters. The van der Waals surface area contributed by atoms with Crippen molar-refractivity contribution in [3.63, 3.8) is 0 Å². The minimum Gasteiger partial charge on any atom is -0.497 e. The largest absolute Gasteiger partial charge is 0.497 e. The lowest BCUT2D eigenvalue weighted by Crippen LogP contribution is -2.24. The number of carbonyl (C=O) groups is 1. The zero-order valence-electron chi connectivity index (χ0n) is 17.0. The van der Waals surface area contributed by atoms with E-state index in [1.165, 1.54) is 0 Å². The Hall–Kier alpha value is -3.26. The lowest BCUT2D eigenvalue weighted by atomic mass is 9.95. The van der Waals surface area contributed by atoms with Crippen molar-refractivity contribution in [2.75, 3.05) is 14.2 Å². The van der Waals surface area contributed by atoms with E-state index in [1.807, 2.05) is 49.4 Å². The lowest BCUT2D eigenvalue weighted by molar-refractivity contribution is -0.117. The molecule has 0 aliphatic heterocycles. The number of nitrogens with one attached hydrogen (secondary N) is 1. The van der Waals surface area contributed by atoms with Gasteiger partial charge >= 0.3 is 0 Å². The molecule has 0 aliphatic rings. The zero-order valence-corrected chi connectivity index (χ0v) is 17.0. The van der Waals surface area contributed by atoms with Crippen LogP contribution in [0, 0.1) is 18.3 Å². The molecule has 0 aromatic heterocycles. The standard InChI is InChI=1S/C23H26N2O3/c1-15(2)21-12-18(16(3)10-22(21)28-5)11-19(13-24)23(26)25-14-17-6-8-20(27-4)9-7-17/h6-12,15H,14H2,1-5H3,(H,25,26)/b19-11-. The van der Waals surface area contributed by atoms with Gasteiger partial charge in [0, 0.05) is 6.54 Å². The molecule has 1 N–H and O–H groups in total. The van der Waals surface area contributed by atoms with Gasteiger partial charge in [-0.1, -0.05) is 26.0 Å². The highest BCUT2D eigenvalue weighted by atomic mass is 16.5. The number of aryl methyl sites for hydroxylation is 1. The zero-order chi connectivity index (χ0) is 20.7. The number of ether oxygens (including phenoxy) is 2. The van der Waals surface area contributed by atoms with Gasteiger partial charge in [-0.25, -0.2) is 0 Å². The van der Waals surface area contributed by atoms with Gasteiger partial charge in [-0.3, -0.25) is 4.79 Å². The van der Waals surface area contributed by atoms with Crippen molar-refractivity contribution in [2.45, 2.75) is 33.2 Å². The number of benzene rings is 2. The summed E-state index contributed by atoms with van der Waals surface area (Å²) in [5.74, 6) is 1.42. The van der Waals surface area contributed by atoms with Crippen LogP contribution in [-0.2, 0) is 11.3 Å². The highest BCUT2D eigenvalue weighted by Crippen LogP contribution is 2.30. The third-order valence-electron chi connectivity index (χ3n) is 4.52. The molecule has 0 atom stereocenters. The summed E-state index contributed by atoms with van der Waals surface area (Å²) in [5.41, 5.74) is 3.80. The van der Waals surface area contributed by atoms with Crippen LogP contribution >= 0.6 is 0 Å². The first kappa shape index (κ1) is 21.0. The number of amides is 1. The summed E-state index contributed by atoms with van der Waals surface area (Å²) >= 11 is 0. The van der Waals surface area contributed by atoms with Crippen molar-refractivity contribution in [2.24, 2.45) is 0 Å². The molecule has 0 saturated carbocycles. The number of nitriles is 1. The maximum atomic E-state index is 12.5. The molecule has 2 aromatic carbocycles. The summed E-state index contributed by atoms with van der Waals surface area (Å²) in [5, 5.41) is 12.3. The fourth-order valence-electron chi connectivity index (χ4n) is 2.82. The van der Waals surface area contributed by atoms with Crippen LogP contribution in [0.2, 0.25) is 0 Å². The van der Waals surface area contributed by atoms with E-state index in [9.17, 15) is 10.1 Å². The molecule has 0 radical (unpaired) electrons. The van der Waals surface area contributed by atoms with Crippen molar-refractivity contribution in [3.05, 3.63) is 64.2 Å². The lowest BCUT2D eigenvalue weighted by Gasteiger charge is -2.15. The molecule has 0 fully saturated rings. The molecule has 0 aliphatic carbocycles. The van der Waals surface area contributed by atoms with Crippen molar-refractivity contribution in [1.82, 2.24) is 5.32 Å². The second-order valence-electron chi connectivity index (χ2n) is 6.81. The van der Waals surface area contributed by atoms with E-state index in [-0.39, 0.29) is 11.5 Å². The van der Waals surface area contributed by atoms with E-state index in [2.05, 4.69) is 19.2 Å². The minimum atomic E-state index is -0.403. The second-order valence-corrected chi connectivity index (χ2v) is 6.81. The topological polar surface area (TPSA) is 71.3 Å². The number of hydrogen-bond acceptors (Lipinski definition) is 4. The average molecular weight is 378 g/mol. The van der Waals surface area contributed by atoms with Crippen molar-refractivity contribution in [3.8, 4) is 17.6 Å². The molecule has 0 bridgehead atoms. The molecule has 1 amide bonds. The Morgan fingerprint density at radius 2 is 1.86 bits per heavy atom. The second kappa shape index (κ2) is 9.61. The number of rotatable bonds is 7. The summed E-state index contributed by atoms with van der Waals surface area (Å²) < 4.78 is 10.6. The summed E-state index contributed by atoms with van der Waals surface area (Å²) in [6.45, 7) is 6.42. The van der Waals surface area contributed by atoms with Gasteiger partial charge < -0.3 is 14.8 Å². The number of methoxy groups -OCH3 is 2. The maximum Gasteiger partial charge on any atom is 0.262 e. The first-order valence-corrected chi connectivity index (χ1v) is 9.11. The van der Waals surface area contributed by atoms with Gasteiger partial charge in [0.2, 0.25) is 0 Å². The number of nitrogens with zero attached hydrogens (tertiary/aromatic N) is 1. The highest BCUT2D eigenvalue weighted by Gasteiger charge is 2.13. The van der Waals surface area contributed by atoms with Crippen LogP contribution in [0.3, 0.4) is 0 Å². The van der Waals surface area contributed by atoms with Crippen molar-refractivity contribution < 1.29 is 14.3 Å². The summed E-state index contributed by atoms with van der Waals surface area (Å²) in [6, 6.07) is 13.3. The first-order chi connectivity index (χ1) is 13.4. The quantitative estimate of drug-likeness (QED) is 0.574. The fourth-order valence-corrected chi connectivity index (χ4v) is 2.82. The average Bonchev–Trinajstić information content (AvgIpc) is 2.70. The van der Waals surface area contributed by atoms with Crippen LogP contribution in [-0.4, -0.2) is 20.1 Å². The maximum absolute atomic E-state index is 12.5. The van der Waals surface area contributed by atoms with Crippen LogP contribution in [0.25, 0.3) is 6.08 Å². The summed E-state index contributed by atoms with van der Waals surface area (Å²) in [4.78, 5) is 12.5. The first-order valence-electron chi connectivity index (χ1n) is 9.11. The molecule has 5 heteroatoms. The van der Waals surface area contributed by atoms with Gasteiger partial charge in [-0.15, -0.1) is 0 Å². The summed E-state index contributed by atoms with van der Waals surface area (Å²) in [6.07, 6.45) is 1.63. The molecule has 146 valence electrons. The van der Waals surface area contributed by atoms with Gasteiger partial charge in [-0.2, -0.15) is 5.26 Å². The fraction of sp³-hybridized carbons (Fsp3) is 0.304. The Balaban J connectivity index is 2.21. The van der Waals surface area contributed by atoms with E-state index in [0.717, 1.165) is 33.8 Å². The van der Waals surface area contributed by atoms with E-state index in [1.54, 1.807) is 20.3 Å². The van der Waals surface area contributed by atoms with Crippen LogP contribution in [0.15, 0.2) is 42.0 Å². The van der Waals surface area contributed by atoms with Gasteiger partial charge in [0.25, 0.3) is 5.91 Å². The number of carbonyl (C=O) groups excluding carboxylic acids is 1. The van der Waals surface area contributed by atoms with Crippen molar-refractivity contribution in [1.29, 1.82) is 5.26 Å². The normalized spacial score (nSPS) is 11.1. The van der Waals surface area contributed by atoms with Gasteiger partial charge in [0.05, 0.1) is 14.2 Å². The molecule has 2 aromatic rings. The van der Waals surface area contributed by atoms with Crippen LogP contribution in [0.4, 0.5) is 0 Å². The molecule has 0 spiro atoms. The molecule has 28 heavy (non-hydrogen) atoms. The predicted molar refractivity (Wildman–Crippen MR) is 110 cm³/mol. The molecule has 5 nitrogen and oxygen atoms in total. The van der Waals surface area contributed by atoms with Crippen LogP contribution < -0.4 is 14.8 Å². The highest BCUT2D eigenvalue weighted by molar-refractivity contribution is 6.01. The van der Waals surface area contributed by atoms with Crippen LogP contribution in [0.5, 0.6) is 11.5 Å². The number of hydrogen-bond donors (Lipinski definition) is 1. The SMILES string of the molecule is COc1ccc(CNC(=O)/C(C#N)=C\c2cc(C(C)C)c(OC)cc2C)cc1. The smallest absolute Gasteiger partial charge is 0.262 e. The van der Waals surface area contributed by atoms with E-state index < -0.39 is 5.91 Å². The van der Waals surface area contributed by atoms with Gasteiger partial charge in [-0.05, 0) is 65.4 Å². The van der Waals surface area contributed by atoms with E-state index >= 15 is 0 Å². The third kappa shape index (κ3) is 5.14. The monoisotopic (exact) mass is 378 g/mol. The molecule has 0 heterocycles. The Labute approximate surface area is 166 Å². The minimum absolute atomic E-state index is 0.0662.